The summed E-state index contributed by atoms with van der Waals surface area (Å²) in [6.45, 7) is 0. The summed E-state index contributed by atoms with van der Waals surface area (Å²) in [5.41, 5.74) is 4.61. The molecule has 0 spiro atoms. The molecule has 2 unspecified atom stereocenters. The van der Waals surface area contributed by atoms with Crippen LogP contribution in [0.3, 0.4) is 0 Å². The molecule has 0 amide bonds. The monoisotopic (exact) mass is 558 g/mol. The van der Waals surface area contributed by atoms with Gasteiger partial charge in [-0.3, -0.25) is 9.88 Å². The van der Waals surface area contributed by atoms with Crippen molar-refractivity contribution in [1.29, 1.82) is 0 Å². The minimum absolute atomic E-state index is 0.128. The van der Waals surface area contributed by atoms with Gasteiger partial charge in [-0.1, -0.05) is 103 Å². The Kier molecular flexibility index (Phi) is 5.24. The van der Waals surface area contributed by atoms with Crippen LogP contribution < -0.4 is 10.6 Å². The maximum Gasteiger partial charge on any atom is 0.206 e. The smallest absolute Gasteiger partial charge is 0.206 e. The van der Waals surface area contributed by atoms with Crippen LogP contribution in [0.5, 0.6) is 0 Å². The third kappa shape index (κ3) is 3.68. The predicted octanol–water partition coefficient (Wildman–Crippen LogP) is 9.11. The minimum Gasteiger partial charge on any atom is -0.336 e. The highest BCUT2D eigenvalue weighted by Crippen LogP contribution is 2.40. The lowest BCUT2D eigenvalue weighted by atomic mass is 10.0. The number of para-hydroxylation sites is 1. The van der Waals surface area contributed by atoms with Crippen LogP contribution in [0.2, 0.25) is 0 Å². The topological polar surface area (TPSA) is 41.4 Å². The van der Waals surface area contributed by atoms with Gasteiger partial charge in [-0.15, -0.1) is 11.3 Å². The summed E-state index contributed by atoms with van der Waals surface area (Å²) in [7, 11) is 0. The Bertz CT molecular complexity index is 2330. The van der Waals surface area contributed by atoms with Crippen LogP contribution in [0, 0.1) is 0 Å². The van der Waals surface area contributed by atoms with Gasteiger partial charge in [-0.2, -0.15) is 0 Å². The molecule has 0 saturated heterocycles. The Morgan fingerprint density at radius 2 is 1.31 bits per heavy atom. The lowest BCUT2D eigenvalue weighted by Gasteiger charge is -2.32. The Morgan fingerprint density at radius 1 is 0.548 bits per heavy atom. The molecular weight excluding hydrogens is 533 g/mol. The summed E-state index contributed by atoms with van der Waals surface area (Å²) in [5.74, 6) is 0.840. The van der Waals surface area contributed by atoms with Gasteiger partial charge in [-0.25, -0.2) is 4.99 Å². The van der Waals surface area contributed by atoms with Gasteiger partial charge in [0.2, 0.25) is 5.96 Å². The largest absolute Gasteiger partial charge is 0.336 e. The average Bonchev–Trinajstić information content (AvgIpc) is 3.58. The van der Waals surface area contributed by atoms with E-state index in [1.165, 1.54) is 47.3 Å². The van der Waals surface area contributed by atoms with Crippen molar-refractivity contribution >= 4 is 70.0 Å². The molecule has 4 nitrogen and oxygen atoms in total. The maximum absolute atomic E-state index is 5.32. The van der Waals surface area contributed by atoms with Crippen LogP contribution >= 0.6 is 11.3 Å². The van der Waals surface area contributed by atoms with Gasteiger partial charge in [0.25, 0.3) is 0 Å². The first-order chi connectivity index (χ1) is 20.8. The fraction of sp³-hybridized carbons (Fsp3) is 0.0541. The molecule has 2 N–H and O–H groups in total. The van der Waals surface area contributed by atoms with Gasteiger partial charge in [0.1, 0.15) is 12.3 Å². The molecule has 0 radical (unpaired) electrons. The normalized spacial score (nSPS) is 17.3. The summed E-state index contributed by atoms with van der Waals surface area (Å²) in [6, 6.07) is 47.8. The molecule has 2 aromatic heterocycles. The number of aromatic nitrogens is 1. The highest BCUT2D eigenvalue weighted by atomic mass is 32.1. The maximum atomic E-state index is 5.32. The first kappa shape index (κ1) is 23.7. The second-order valence-corrected chi connectivity index (χ2v) is 12.0. The van der Waals surface area contributed by atoms with E-state index in [1.807, 2.05) is 11.3 Å². The van der Waals surface area contributed by atoms with Crippen LogP contribution in [0.25, 0.3) is 52.8 Å². The number of hydrogen-bond acceptors (Lipinski definition) is 4. The molecule has 6 aromatic carbocycles. The standard InChI is InChI=1S/C37H26N4S/c1-2-11-24(12-3-1)35-38-36(26-19-18-23-10-4-5-13-25(23)20-26)40-37(39-35)41-31-16-8-6-14-27(31)29-21-30-28-15-7-9-17-33(28)42-34(30)22-32(29)41/h1-22,35-36,38H,(H,39,40). The highest BCUT2D eigenvalue weighted by Gasteiger charge is 2.27. The Morgan fingerprint density at radius 3 is 2.21 bits per heavy atom. The Hall–Kier alpha value is -4.97. The summed E-state index contributed by atoms with van der Waals surface area (Å²) in [4.78, 5) is 5.32. The lowest BCUT2D eigenvalue weighted by Crippen LogP contribution is -2.47. The number of nitrogens with one attached hydrogen (secondary N) is 2. The number of hydrogen-bond donors (Lipinski definition) is 2. The van der Waals surface area contributed by atoms with Crippen LogP contribution in [0.4, 0.5) is 0 Å². The zero-order valence-electron chi connectivity index (χ0n) is 22.7. The van der Waals surface area contributed by atoms with Crippen LogP contribution in [0.15, 0.2) is 138 Å². The van der Waals surface area contributed by atoms with Crippen molar-refractivity contribution in [2.24, 2.45) is 4.99 Å². The minimum atomic E-state index is -0.205. The number of fused-ring (bicyclic) bond motifs is 7. The molecule has 3 heterocycles. The molecule has 1 aliphatic heterocycles. The van der Waals surface area contributed by atoms with Crippen LogP contribution in [-0.2, 0) is 0 Å². The van der Waals surface area contributed by atoms with E-state index in [0.717, 1.165) is 22.6 Å². The fourth-order valence-electron chi connectivity index (χ4n) is 6.44. The van der Waals surface area contributed by atoms with Gasteiger partial charge in [-0.05, 0) is 52.2 Å². The van der Waals surface area contributed by atoms with Crippen molar-refractivity contribution in [2.45, 2.75) is 12.3 Å². The van der Waals surface area contributed by atoms with Crippen molar-refractivity contribution in [2.75, 3.05) is 0 Å². The van der Waals surface area contributed by atoms with Crippen molar-refractivity contribution in [3.05, 3.63) is 145 Å². The predicted molar refractivity (Wildman–Crippen MR) is 177 cm³/mol. The zero-order chi connectivity index (χ0) is 27.6. The van der Waals surface area contributed by atoms with Crippen molar-refractivity contribution in [3.63, 3.8) is 0 Å². The second-order valence-electron chi connectivity index (χ2n) is 10.9. The SMILES string of the molecule is c1ccc(C2N=C(n3c4ccccc4c4cc5c(cc43)sc3ccccc35)NC(c3ccc4ccccc4c3)N2)cc1. The average molecular weight is 559 g/mol. The fourth-order valence-corrected chi connectivity index (χ4v) is 7.56. The molecule has 1 aliphatic rings. The number of nitrogens with zero attached hydrogens (tertiary/aromatic N) is 2. The van der Waals surface area contributed by atoms with E-state index in [4.69, 9.17) is 4.99 Å². The number of rotatable bonds is 2. The van der Waals surface area contributed by atoms with Crippen molar-refractivity contribution in [3.8, 4) is 0 Å². The summed E-state index contributed by atoms with van der Waals surface area (Å²) in [6.07, 6.45) is -0.334. The van der Waals surface area contributed by atoms with E-state index in [1.54, 1.807) is 0 Å². The third-order valence-corrected chi connectivity index (χ3v) is 9.59. The highest BCUT2D eigenvalue weighted by molar-refractivity contribution is 7.25. The third-order valence-electron chi connectivity index (χ3n) is 8.45. The molecule has 42 heavy (non-hydrogen) atoms. The molecule has 0 aliphatic carbocycles. The molecular formula is C37H26N4S. The number of aliphatic imine (C=N–C) groups is 1. The molecule has 0 saturated carbocycles. The second kappa shape index (κ2) is 9.28. The molecule has 0 fully saturated rings. The van der Waals surface area contributed by atoms with Gasteiger partial charge in [0.15, 0.2) is 0 Å². The summed E-state index contributed by atoms with van der Waals surface area (Å²) < 4.78 is 4.92. The Balaban J connectivity index is 1.28. The van der Waals surface area contributed by atoms with E-state index in [9.17, 15) is 0 Å². The van der Waals surface area contributed by atoms with Gasteiger partial charge in [0.05, 0.1) is 11.0 Å². The molecule has 5 heteroatoms. The van der Waals surface area contributed by atoms with Crippen molar-refractivity contribution < 1.29 is 0 Å². The first-order valence-electron chi connectivity index (χ1n) is 14.3. The van der Waals surface area contributed by atoms with Crippen LogP contribution in [0.1, 0.15) is 23.5 Å². The van der Waals surface area contributed by atoms with E-state index >= 15 is 0 Å². The Labute approximate surface area is 246 Å². The van der Waals surface area contributed by atoms with Crippen LogP contribution in [-0.4, -0.2) is 10.5 Å². The van der Waals surface area contributed by atoms with E-state index in [2.05, 4.69) is 149 Å². The molecule has 200 valence electrons. The molecule has 9 rings (SSSR count). The quantitative estimate of drug-likeness (QED) is 0.222. The number of benzene rings is 6. The lowest BCUT2D eigenvalue weighted by molar-refractivity contribution is 0.403. The first-order valence-corrected chi connectivity index (χ1v) is 15.1. The molecule has 2 atom stereocenters. The summed E-state index contributed by atoms with van der Waals surface area (Å²) in [5, 5.41) is 15.1. The number of thiophene rings is 1. The van der Waals surface area contributed by atoms with Crippen molar-refractivity contribution in [1.82, 2.24) is 15.2 Å². The van der Waals surface area contributed by atoms with Gasteiger partial charge in [0, 0.05) is 30.9 Å². The molecule has 8 aromatic rings. The van der Waals surface area contributed by atoms with Gasteiger partial charge >= 0.3 is 0 Å². The summed E-state index contributed by atoms with van der Waals surface area (Å²) >= 11 is 1.85. The zero-order valence-corrected chi connectivity index (χ0v) is 23.5. The van der Waals surface area contributed by atoms with E-state index < -0.39 is 0 Å². The van der Waals surface area contributed by atoms with E-state index in [0.29, 0.717) is 0 Å². The van der Waals surface area contributed by atoms with Gasteiger partial charge < -0.3 is 5.32 Å². The molecule has 0 bridgehead atoms. The van der Waals surface area contributed by atoms with E-state index in [-0.39, 0.29) is 12.3 Å².